The summed E-state index contributed by atoms with van der Waals surface area (Å²) in [5.41, 5.74) is 0.341. The lowest BCUT2D eigenvalue weighted by Crippen LogP contribution is -2.42. The first-order chi connectivity index (χ1) is 14.8. The molecule has 1 aromatic rings. The quantitative estimate of drug-likeness (QED) is 0.690. The van der Waals surface area contributed by atoms with Gasteiger partial charge in [0.1, 0.15) is 10.6 Å². The molecule has 2 saturated heterocycles. The molecule has 31 heavy (non-hydrogen) atoms. The molecule has 2 fully saturated rings. The number of hydrogen-bond acceptors (Lipinski definition) is 5. The van der Waals surface area contributed by atoms with E-state index < -0.39 is 10.0 Å². The molecule has 7 nitrogen and oxygen atoms in total. The summed E-state index contributed by atoms with van der Waals surface area (Å²) in [6.45, 7) is 8.64. The Morgan fingerprint density at radius 3 is 2.35 bits per heavy atom. The Hall–Kier alpha value is -1.64. The summed E-state index contributed by atoms with van der Waals surface area (Å²) in [4.78, 5) is 15.2. The van der Waals surface area contributed by atoms with Crippen molar-refractivity contribution in [1.82, 2.24) is 14.5 Å². The van der Waals surface area contributed by atoms with Crippen LogP contribution in [0, 0.1) is 11.8 Å². The van der Waals surface area contributed by atoms with E-state index in [1.807, 2.05) is 0 Å². The van der Waals surface area contributed by atoms with Crippen molar-refractivity contribution in [2.45, 2.75) is 50.8 Å². The van der Waals surface area contributed by atoms with E-state index in [1.165, 1.54) is 43.2 Å². The fourth-order valence-corrected chi connectivity index (χ4v) is 6.61. The van der Waals surface area contributed by atoms with Crippen molar-refractivity contribution in [3.8, 4) is 5.75 Å². The number of carbonyl (C=O) groups excluding carboxylic acids is 1. The Morgan fingerprint density at radius 1 is 1.10 bits per heavy atom. The van der Waals surface area contributed by atoms with Gasteiger partial charge >= 0.3 is 0 Å². The zero-order valence-electron chi connectivity index (χ0n) is 19.1. The number of piperidine rings is 1. The maximum atomic E-state index is 13.4. The van der Waals surface area contributed by atoms with Gasteiger partial charge in [-0.3, -0.25) is 4.79 Å². The van der Waals surface area contributed by atoms with Crippen molar-refractivity contribution >= 4 is 15.9 Å². The fourth-order valence-electron chi connectivity index (χ4n) is 4.75. The molecule has 8 heteroatoms. The standard InChI is InChI=1S/C23H37N3O4S/c1-18-14-19(2)17-26(16-18)31(28,29)22-15-20(8-9-21(22)30-3)23(27)24-10-13-25-11-6-4-5-7-12-25/h8-9,15,18-19H,4-7,10-14,16-17H2,1-3H3,(H,24,27). The summed E-state index contributed by atoms with van der Waals surface area (Å²) in [6.07, 6.45) is 5.99. The molecular formula is C23H37N3O4S. The fraction of sp³-hybridized carbons (Fsp3) is 0.696. The van der Waals surface area contributed by atoms with Crippen LogP contribution in [0.4, 0.5) is 0 Å². The summed E-state index contributed by atoms with van der Waals surface area (Å²) >= 11 is 0. The second kappa shape index (κ2) is 10.8. The number of benzene rings is 1. The molecule has 2 aliphatic heterocycles. The molecule has 0 spiro atoms. The third-order valence-corrected chi connectivity index (χ3v) is 8.14. The van der Waals surface area contributed by atoms with Crippen LogP contribution < -0.4 is 10.1 Å². The van der Waals surface area contributed by atoms with Gasteiger partial charge in [-0.25, -0.2) is 8.42 Å². The number of likely N-dealkylation sites (tertiary alicyclic amines) is 1. The normalized spacial score (nSPS) is 23.8. The zero-order chi connectivity index (χ0) is 22.4. The molecule has 2 aliphatic rings. The summed E-state index contributed by atoms with van der Waals surface area (Å²) < 4.78 is 33.7. The van der Waals surface area contributed by atoms with Gasteiger partial charge in [0.15, 0.2) is 0 Å². The highest BCUT2D eigenvalue weighted by atomic mass is 32.2. The Balaban J connectivity index is 1.71. The van der Waals surface area contributed by atoms with Crippen molar-refractivity contribution < 1.29 is 17.9 Å². The number of nitrogens with zero attached hydrogens (tertiary/aromatic N) is 2. The van der Waals surface area contributed by atoms with Crippen LogP contribution in [0.1, 0.15) is 56.3 Å². The molecule has 3 rings (SSSR count). The number of amides is 1. The first kappa shape index (κ1) is 24.0. The van der Waals surface area contributed by atoms with Crippen LogP contribution in [-0.2, 0) is 10.0 Å². The van der Waals surface area contributed by atoms with Gasteiger partial charge in [0, 0.05) is 31.7 Å². The molecule has 1 aromatic carbocycles. The first-order valence-corrected chi connectivity index (χ1v) is 12.9. The molecule has 0 radical (unpaired) electrons. The van der Waals surface area contributed by atoms with E-state index in [-0.39, 0.29) is 16.6 Å². The Bertz CT molecular complexity index is 840. The van der Waals surface area contributed by atoms with E-state index in [0.717, 1.165) is 26.1 Å². The minimum atomic E-state index is -3.75. The van der Waals surface area contributed by atoms with E-state index in [2.05, 4.69) is 24.1 Å². The van der Waals surface area contributed by atoms with Gasteiger partial charge in [-0.1, -0.05) is 26.7 Å². The van der Waals surface area contributed by atoms with E-state index in [1.54, 1.807) is 12.1 Å². The van der Waals surface area contributed by atoms with Crippen LogP contribution >= 0.6 is 0 Å². The van der Waals surface area contributed by atoms with Crippen LogP contribution in [0.15, 0.2) is 23.1 Å². The average molecular weight is 452 g/mol. The zero-order valence-corrected chi connectivity index (χ0v) is 19.9. The number of methoxy groups -OCH3 is 1. The summed E-state index contributed by atoms with van der Waals surface area (Å²) in [6, 6.07) is 4.66. The molecule has 0 aliphatic carbocycles. The van der Waals surface area contributed by atoms with Crippen LogP contribution in [0.5, 0.6) is 5.75 Å². The average Bonchev–Trinajstić information content (AvgIpc) is 3.01. The summed E-state index contributed by atoms with van der Waals surface area (Å²) in [5.74, 6) is 0.617. The van der Waals surface area contributed by atoms with Crippen molar-refractivity contribution in [3.05, 3.63) is 23.8 Å². The Kier molecular flexibility index (Phi) is 8.36. The summed E-state index contributed by atoms with van der Waals surface area (Å²) in [7, 11) is -2.29. The largest absolute Gasteiger partial charge is 0.495 e. The highest BCUT2D eigenvalue weighted by molar-refractivity contribution is 7.89. The number of carbonyl (C=O) groups is 1. The van der Waals surface area contributed by atoms with Crippen LogP contribution in [0.3, 0.4) is 0 Å². The van der Waals surface area contributed by atoms with Gasteiger partial charge in [0.2, 0.25) is 10.0 Å². The van der Waals surface area contributed by atoms with Crippen LogP contribution in [0.2, 0.25) is 0 Å². The second-order valence-electron chi connectivity index (χ2n) is 9.15. The minimum absolute atomic E-state index is 0.0662. The molecule has 174 valence electrons. The van der Waals surface area contributed by atoms with E-state index in [4.69, 9.17) is 4.74 Å². The lowest BCUT2D eigenvalue weighted by Gasteiger charge is -2.34. The van der Waals surface area contributed by atoms with Gasteiger partial charge in [-0.05, 0) is 62.4 Å². The molecule has 0 aromatic heterocycles. The van der Waals surface area contributed by atoms with Crippen LogP contribution in [0.25, 0.3) is 0 Å². The van der Waals surface area contributed by atoms with Crippen molar-refractivity contribution in [2.75, 3.05) is 46.4 Å². The second-order valence-corrected chi connectivity index (χ2v) is 11.1. The number of ether oxygens (including phenoxy) is 1. The third-order valence-electron chi connectivity index (χ3n) is 6.29. The van der Waals surface area contributed by atoms with Crippen LogP contribution in [-0.4, -0.2) is 69.9 Å². The minimum Gasteiger partial charge on any atom is -0.495 e. The SMILES string of the molecule is COc1ccc(C(=O)NCCN2CCCCCC2)cc1S(=O)(=O)N1CC(C)CC(C)C1. The van der Waals surface area contributed by atoms with E-state index >= 15 is 0 Å². The molecule has 1 amide bonds. The molecule has 2 atom stereocenters. The van der Waals surface area contributed by atoms with Gasteiger partial charge in [0.05, 0.1) is 7.11 Å². The smallest absolute Gasteiger partial charge is 0.251 e. The molecular weight excluding hydrogens is 414 g/mol. The predicted molar refractivity (Wildman–Crippen MR) is 122 cm³/mol. The molecule has 0 bridgehead atoms. The number of sulfonamides is 1. The lowest BCUT2D eigenvalue weighted by molar-refractivity contribution is 0.0948. The Labute approximate surface area is 187 Å². The first-order valence-electron chi connectivity index (χ1n) is 11.5. The number of nitrogens with one attached hydrogen (secondary N) is 1. The highest BCUT2D eigenvalue weighted by Gasteiger charge is 2.34. The molecule has 2 unspecified atom stereocenters. The van der Waals surface area contributed by atoms with Crippen molar-refractivity contribution in [2.24, 2.45) is 11.8 Å². The van der Waals surface area contributed by atoms with Gasteiger partial charge in [-0.2, -0.15) is 4.31 Å². The number of rotatable bonds is 7. The van der Waals surface area contributed by atoms with E-state index in [0.29, 0.717) is 37.0 Å². The highest BCUT2D eigenvalue weighted by Crippen LogP contribution is 2.32. The van der Waals surface area contributed by atoms with Gasteiger partial charge in [0.25, 0.3) is 5.91 Å². The Morgan fingerprint density at radius 2 is 1.74 bits per heavy atom. The predicted octanol–water partition coefficient (Wildman–Crippen LogP) is 2.97. The molecule has 1 N–H and O–H groups in total. The maximum absolute atomic E-state index is 13.4. The molecule has 0 saturated carbocycles. The van der Waals surface area contributed by atoms with Gasteiger partial charge < -0.3 is 15.0 Å². The van der Waals surface area contributed by atoms with Crippen molar-refractivity contribution in [1.29, 1.82) is 0 Å². The van der Waals surface area contributed by atoms with E-state index in [9.17, 15) is 13.2 Å². The molecule has 2 heterocycles. The lowest BCUT2D eigenvalue weighted by atomic mass is 9.94. The van der Waals surface area contributed by atoms with Crippen molar-refractivity contribution in [3.63, 3.8) is 0 Å². The summed E-state index contributed by atoms with van der Waals surface area (Å²) in [5, 5.41) is 2.95. The van der Waals surface area contributed by atoms with Gasteiger partial charge in [-0.15, -0.1) is 0 Å². The monoisotopic (exact) mass is 451 g/mol. The maximum Gasteiger partial charge on any atom is 0.251 e. The topological polar surface area (TPSA) is 79.0 Å². The third kappa shape index (κ3) is 6.20. The number of hydrogen-bond donors (Lipinski definition) is 1.